The molecule has 1 aromatic carbocycles. The molecule has 0 bridgehead atoms. The molecule has 3 unspecified atom stereocenters. The van der Waals surface area contributed by atoms with Crippen LogP contribution in [0.1, 0.15) is 82.6 Å². The number of amides is 1. The first-order chi connectivity index (χ1) is 22.2. The second-order valence-corrected chi connectivity index (χ2v) is 16.4. The molecular formula is C32H42F3N7O5S. The average molecular weight is 694 g/mol. The van der Waals surface area contributed by atoms with E-state index in [1.807, 2.05) is 40.7 Å². The highest BCUT2D eigenvalue weighted by atomic mass is 32.2. The summed E-state index contributed by atoms with van der Waals surface area (Å²) in [5, 5.41) is 18.2. The van der Waals surface area contributed by atoms with Crippen molar-refractivity contribution < 1.29 is 36.2 Å². The predicted molar refractivity (Wildman–Crippen MR) is 174 cm³/mol. The van der Waals surface area contributed by atoms with Crippen LogP contribution >= 0.6 is 0 Å². The van der Waals surface area contributed by atoms with Crippen molar-refractivity contribution in [1.29, 1.82) is 0 Å². The van der Waals surface area contributed by atoms with E-state index in [9.17, 15) is 31.5 Å². The van der Waals surface area contributed by atoms with Crippen molar-refractivity contribution in [3.8, 4) is 5.75 Å². The van der Waals surface area contributed by atoms with Gasteiger partial charge in [-0.15, -0.1) is 0 Å². The van der Waals surface area contributed by atoms with Gasteiger partial charge in [-0.05, 0) is 69.1 Å². The number of aromatic nitrogens is 4. The van der Waals surface area contributed by atoms with Crippen molar-refractivity contribution in [3.05, 3.63) is 40.7 Å². The van der Waals surface area contributed by atoms with Crippen LogP contribution in [0.5, 0.6) is 5.75 Å². The number of carboxylic acid groups (broad SMARTS) is 1. The Morgan fingerprint density at radius 1 is 1.17 bits per heavy atom. The summed E-state index contributed by atoms with van der Waals surface area (Å²) in [5.41, 5.74) is 1.86. The summed E-state index contributed by atoms with van der Waals surface area (Å²) in [5.74, 6) is -0.185. The van der Waals surface area contributed by atoms with Crippen molar-refractivity contribution in [2.24, 2.45) is 12.5 Å². The van der Waals surface area contributed by atoms with E-state index in [4.69, 9.17) is 4.74 Å². The number of likely N-dealkylation sites (tertiary alicyclic amines) is 1. The van der Waals surface area contributed by atoms with Crippen LogP contribution in [0.15, 0.2) is 23.5 Å². The number of nitrogens with zero attached hydrogens (tertiary/aromatic N) is 5. The maximum Gasteiger partial charge on any atom is 0.421 e. The lowest BCUT2D eigenvalue weighted by Gasteiger charge is -2.45. The number of anilines is 4. The second kappa shape index (κ2) is 12.4. The number of aryl methyl sites for hydroxylation is 2. The molecule has 0 spiro atoms. The molecule has 1 fully saturated rings. The van der Waals surface area contributed by atoms with Crippen molar-refractivity contribution in [2.45, 2.75) is 102 Å². The Hall–Kier alpha value is -4.08. The summed E-state index contributed by atoms with van der Waals surface area (Å²) >= 11 is 0. The molecule has 0 saturated carbocycles. The number of benzene rings is 1. The monoisotopic (exact) mass is 693 g/mol. The number of alkyl halides is 3. The molecule has 0 radical (unpaired) electrons. The molecule has 12 nitrogen and oxygen atoms in total. The fourth-order valence-corrected chi connectivity index (χ4v) is 7.77. The maximum absolute atomic E-state index is 14.1. The molecule has 4 heterocycles. The van der Waals surface area contributed by atoms with Gasteiger partial charge in [-0.2, -0.15) is 23.3 Å². The molecule has 3 N–H and O–H groups in total. The highest BCUT2D eigenvalue weighted by Crippen LogP contribution is 2.48. The highest BCUT2D eigenvalue weighted by Gasteiger charge is 2.41. The normalized spacial score (nSPS) is 20.1. The van der Waals surface area contributed by atoms with E-state index in [1.54, 1.807) is 0 Å². The SMILES string of the molecule is Cc1cc(Nc2ncc(C(F)(F)F)c(Nc3cn(C)nc3S(=O)(=O)C(C)C)n2)c2c(c1C1CCN(C(=O)O)C(C(C)(C)C)C1)CC(C)O2. The number of carbonyl (C=O) groups is 1. The quantitative estimate of drug-likeness (QED) is 0.241. The average Bonchev–Trinajstić information content (AvgIpc) is 3.53. The summed E-state index contributed by atoms with van der Waals surface area (Å²) < 4.78 is 75.6. The van der Waals surface area contributed by atoms with E-state index in [-0.39, 0.29) is 35.1 Å². The van der Waals surface area contributed by atoms with Crippen LogP contribution in [-0.4, -0.2) is 68.2 Å². The summed E-state index contributed by atoms with van der Waals surface area (Å²) in [6, 6.07) is 1.66. The lowest BCUT2D eigenvalue weighted by molar-refractivity contribution is -0.137. The molecule has 0 aliphatic carbocycles. The van der Waals surface area contributed by atoms with E-state index in [0.717, 1.165) is 16.7 Å². The third kappa shape index (κ3) is 6.76. The zero-order chi connectivity index (χ0) is 35.5. The van der Waals surface area contributed by atoms with Gasteiger partial charge < -0.3 is 25.4 Å². The first-order valence-electron chi connectivity index (χ1n) is 15.8. The number of halogens is 3. The third-order valence-corrected chi connectivity index (χ3v) is 11.1. The van der Waals surface area contributed by atoms with Crippen LogP contribution < -0.4 is 15.4 Å². The summed E-state index contributed by atoms with van der Waals surface area (Å²) in [6.07, 6.45) is -2.14. The zero-order valence-corrected chi connectivity index (χ0v) is 29.0. The van der Waals surface area contributed by atoms with Crippen LogP contribution in [0.2, 0.25) is 0 Å². The van der Waals surface area contributed by atoms with Gasteiger partial charge in [0.05, 0.1) is 16.6 Å². The van der Waals surface area contributed by atoms with E-state index in [1.165, 1.54) is 36.7 Å². The first-order valence-corrected chi connectivity index (χ1v) is 17.3. The van der Waals surface area contributed by atoms with Gasteiger partial charge in [0.15, 0.2) is 0 Å². The standard InChI is InChI=1S/C32H42F3N7O5S/c1-16(2)48(45,46)28-23(15-41(8)40-28)37-27-21(32(33,34)35)14-36-29(39-27)38-22-11-17(3)25(20-12-18(4)47-26(20)22)19-9-10-42(30(43)44)24(13-19)31(5,6)7/h11,14-16,18-19,24H,9-10,12-13H2,1-8H3,(H,43,44)(H2,36,37,38,39). The molecule has 3 atom stereocenters. The summed E-state index contributed by atoms with van der Waals surface area (Å²) in [4.78, 5) is 21.7. The summed E-state index contributed by atoms with van der Waals surface area (Å²) in [6.45, 7) is 13.3. The van der Waals surface area contributed by atoms with Crippen LogP contribution in [0.3, 0.4) is 0 Å². The second-order valence-electron chi connectivity index (χ2n) is 14.0. The molecule has 2 aliphatic rings. The fourth-order valence-electron chi connectivity index (χ4n) is 6.67. The van der Waals surface area contributed by atoms with E-state index in [0.29, 0.717) is 43.4 Å². The number of piperidine rings is 1. The van der Waals surface area contributed by atoms with Gasteiger partial charge in [0.2, 0.25) is 20.8 Å². The summed E-state index contributed by atoms with van der Waals surface area (Å²) in [7, 11) is -2.48. The number of hydrogen-bond acceptors (Lipinski definition) is 9. The molecule has 262 valence electrons. The van der Waals surface area contributed by atoms with Gasteiger partial charge in [-0.25, -0.2) is 18.2 Å². The minimum atomic E-state index is -4.85. The van der Waals surface area contributed by atoms with Gasteiger partial charge in [-0.3, -0.25) is 4.68 Å². The Morgan fingerprint density at radius 2 is 1.85 bits per heavy atom. The van der Waals surface area contributed by atoms with Gasteiger partial charge in [0, 0.05) is 44.0 Å². The Labute approximate surface area is 278 Å². The molecule has 2 aromatic heterocycles. The molecule has 48 heavy (non-hydrogen) atoms. The van der Waals surface area contributed by atoms with Gasteiger partial charge >= 0.3 is 12.3 Å². The number of ether oxygens (including phenoxy) is 1. The maximum atomic E-state index is 14.1. The molecule has 2 aliphatic heterocycles. The largest absolute Gasteiger partial charge is 0.488 e. The van der Waals surface area contributed by atoms with Crippen molar-refractivity contribution in [2.75, 3.05) is 17.2 Å². The number of fused-ring (bicyclic) bond motifs is 1. The molecule has 16 heteroatoms. The number of rotatable bonds is 7. The number of hydrogen-bond donors (Lipinski definition) is 3. The van der Waals surface area contributed by atoms with Crippen LogP contribution in [0.4, 0.5) is 41.1 Å². The molecular weight excluding hydrogens is 651 g/mol. The highest BCUT2D eigenvalue weighted by molar-refractivity contribution is 7.92. The minimum Gasteiger partial charge on any atom is -0.488 e. The van der Waals surface area contributed by atoms with Crippen LogP contribution in [0, 0.1) is 12.3 Å². The molecule has 1 saturated heterocycles. The topological polar surface area (TPSA) is 152 Å². The lowest BCUT2D eigenvalue weighted by atomic mass is 9.73. The van der Waals surface area contributed by atoms with Crippen molar-refractivity contribution in [3.63, 3.8) is 0 Å². The Kier molecular flexibility index (Phi) is 9.12. The Bertz CT molecular complexity index is 1840. The molecule has 3 aromatic rings. The van der Waals surface area contributed by atoms with E-state index in [2.05, 4.69) is 25.7 Å². The predicted octanol–water partition coefficient (Wildman–Crippen LogP) is 6.80. The number of nitrogens with one attached hydrogen (secondary N) is 2. The van der Waals surface area contributed by atoms with E-state index >= 15 is 0 Å². The first kappa shape index (κ1) is 35.2. The van der Waals surface area contributed by atoms with E-state index < -0.39 is 43.8 Å². The van der Waals surface area contributed by atoms with Crippen molar-refractivity contribution in [1.82, 2.24) is 24.6 Å². The smallest absolute Gasteiger partial charge is 0.421 e. The Morgan fingerprint density at radius 3 is 2.46 bits per heavy atom. The van der Waals surface area contributed by atoms with Gasteiger partial charge in [0.25, 0.3) is 0 Å². The van der Waals surface area contributed by atoms with Gasteiger partial charge in [0.1, 0.15) is 23.2 Å². The van der Waals surface area contributed by atoms with Crippen molar-refractivity contribution >= 4 is 39.1 Å². The Balaban J connectivity index is 1.53. The van der Waals surface area contributed by atoms with Crippen LogP contribution in [-0.2, 0) is 29.5 Å². The fraction of sp³-hybridized carbons (Fsp3) is 0.562. The minimum absolute atomic E-state index is 0.0791. The van der Waals surface area contributed by atoms with Gasteiger partial charge in [-0.1, -0.05) is 20.8 Å². The lowest BCUT2D eigenvalue weighted by Crippen LogP contribution is -2.51. The molecule has 1 amide bonds. The third-order valence-electron chi connectivity index (χ3n) is 8.97. The molecule has 5 rings (SSSR count). The number of sulfone groups is 1. The van der Waals surface area contributed by atoms with Crippen LogP contribution in [0.25, 0.3) is 0 Å². The zero-order valence-electron chi connectivity index (χ0n) is 28.2.